The standard InChI is InChI=1S/C14H18N4O3S/c1-10-3-6-12(21-10)7-18(11-4-5-11)13(19)8-17-9-15-16-14(17)22(2)20/h3,6,9,11H,4-5,7-8H2,1-2H3. The fourth-order valence-corrected chi connectivity index (χ4v) is 2.96. The van der Waals surface area contributed by atoms with Crippen LogP contribution in [-0.2, 0) is 28.7 Å². The minimum atomic E-state index is -1.27. The fourth-order valence-electron chi connectivity index (χ4n) is 2.36. The molecule has 0 radical (unpaired) electrons. The van der Waals surface area contributed by atoms with Crippen LogP contribution in [0.5, 0.6) is 0 Å². The number of nitrogens with zero attached hydrogens (tertiary/aromatic N) is 4. The molecule has 1 fully saturated rings. The van der Waals surface area contributed by atoms with Gasteiger partial charge in [-0.15, -0.1) is 10.2 Å². The Balaban J connectivity index is 1.73. The second-order valence-corrected chi connectivity index (χ2v) is 6.73. The first-order chi connectivity index (χ1) is 10.5. The maximum atomic E-state index is 12.6. The Morgan fingerprint density at radius 2 is 2.27 bits per heavy atom. The van der Waals surface area contributed by atoms with Gasteiger partial charge in [0.1, 0.15) is 24.4 Å². The molecule has 2 heterocycles. The lowest BCUT2D eigenvalue weighted by Gasteiger charge is -2.21. The molecular formula is C14H18N4O3S. The van der Waals surface area contributed by atoms with Crippen LogP contribution >= 0.6 is 0 Å². The molecular weight excluding hydrogens is 304 g/mol. The first kappa shape index (κ1) is 15.0. The van der Waals surface area contributed by atoms with Crippen molar-refractivity contribution in [1.29, 1.82) is 0 Å². The van der Waals surface area contributed by atoms with E-state index in [1.807, 2.05) is 24.0 Å². The van der Waals surface area contributed by atoms with Crippen molar-refractivity contribution in [2.75, 3.05) is 6.26 Å². The third-order valence-corrected chi connectivity index (χ3v) is 4.40. The van der Waals surface area contributed by atoms with Crippen LogP contribution in [-0.4, -0.2) is 42.1 Å². The zero-order valence-electron chi connectivity index (χ0n) is 12.6. The average molecular weight is 322 g/mol. The minimum Gasteiger partial charge on any atom is -0.464 e. The van der Waals surface area contributed by atoms with Crippen molar-refractivity contribution in [3.63, 3.8) is 0 Å². The van der Waals surface area contributed by atoms with Gasteiger partial charge in [0.05, 0.1) is 17.3 Å². The molecule has 1 aliphatic rings. The Kier molecular flexibility index (Phi) is 4.10. The van der Waals surface area contributed by atoms with E-state index >= 15 is 0 Å². The van der Waals surface area contributed by atoms with Crippen LogP contribution in [0.2, 0.25) is 0 Å². The molecule has 8 heteroatoms. The molecule has 0 aromatic carbocycles. The number of amides is 1. The highest BCUT2D eigenvalue weighted by Gasteiger charge is 2.33. The third kappa shape index (κ3) is 3.27. The second-order valence-electron chi connectivity index (χ2n) is 5.46. The summed E-state index contributed by atoms with van der Waals surface area (Å²) in [5.74, 6) is 1.57. The molecule has 7 nitrogen and oxygen atoms in total. The van der Waals surface area contributed by atoms with E-state index in [0.29, 0.717) is 11.7 Å². The van der Waals surface area contributed by atoms with E-state index in [1.165, 1.54) is 12.6 Å². The van der Waals surface area contributed by atoms with Crippen LogP contribution in [0.15, 0.2) is 28.0 Å². The van der Waals surface area contributed by atoms with Crippen LogP contribution in [0, 0.1) is 6.92 Å². The van der Waals surface area contributed by atoms with Crippen molar-refractivity contribution in [1.82, 2.24) is 19.7 Å². The van der Waals surface area contributed by atoms with E-state index in [-0.39, 0.29) is 18.5 Å². The number of hydrogen-bond donors (Lipinski definition) is 0. The zero-order valence-corrected chi connectivity index (χ0v) is 13.4. The van der Waals surface area contributed by atoms with E-state index in [4.69, 9.17) is 4.42 Å². The molecule has 1 unspecified atom stereocenters. The van der Waals surface area contributed by atoms with Gasteiger partial charge in [-0.25, -0.2) is 0 Å². The number of carbonyl (C=O) groups is 1. The number of aromatic nitrogens is 3. The lowest BCUT2D eigenvalue weighted by atomic mass is 10.3. The molecule has 22 heavy (non-hydrogen) atoms. The molecule has 0 N–H and O–H groups in total. The van der Waals surface area contributed by atoms with Crippen LogP contribution in [0.4, 0.5) is 0 Å². The van der Waals surface area contributed by atoms with Gasteiger partial charge in [-0.3, -0.25) is 13.6 Å². The predicted octanol–water partition coefficient (Wildman–Crippen LogP) is 1.11. The number of carbonyl (C=O) groups excluding carboxylic acids is 1. The summed E-state index contributed by atoms with van der Waals surface area (Å²) in [6.45, 7) is 2.44. The van der Waals surface area contributed by atoms with Crippen molar-refractivity contribution in [3.05, 3.63) is 30.0 Å². The third-order valence-electron chi connectivity index (χ3n) is 3.57. The molecule has 118 valence electrons. The number of hydrogen-bond acceptors (Lipinski definition) is 5. The largest absolute Gasteiger partial charge is 0.464 e. The quantitative estimate of drug-likeness (QED) is 0.796. The van der Waals surface area contributed by atoms with E-state index < -0.39 is 10.8 Å². The van der Waals surface area contributed by atoms with E-state index in [1.54, 1.807) is 4.57 Å². The van der Waals surface area contributed by atoms with Gasteiger partial charge in [0.2, 0.25) is 11.1 Å². The van der Waals surface area contributed by atoms with Crippen molar-refractivity contribution in [2.45, 2.75) is 44.1 Å². The number of rotatable bonds is 6. The van der Waals surface area contributed by atoms with Crippen molar-refractivity contribution >= 4 is 16.7 Å². The summed E-state index contributed by atoms with van der Waals surface area (Å²) in [4.78, 5) is 14.4. The van der Waals surface area contributed by atoms with Crippen LogP contribution < -0.4 is 0 Å². The van der Waals surface area contributed by atoms with Crippen LogP contribution in [0.25, 0.3) is 0 Å². The Morgan fingerprint density at radius 3 is 2.86 bits per heavy atom. The van der Waals surface area contributed by atoms with Gasteiger partial charge >= 0.3 is 0 Å². The maximum Gasteiger partial charge on any atom is 0.243 e. The van der Waals surface area contributed by atoms with Crippen molar-refractivity contribution in [2.24, 2.45) is 0 Å². The summed E-state index contributed by atoms with van der Waals surface area (Å²) in [7, 11) is -1.27. The zero-order chi connectivity index (χ0) is 15.7. The Bertz CT molecular complexity index is 705. The van der Waals surface area contributed by atoms with E-state index in [0.717, 1.165) is 24.4 Å². The molecule has 2 aromatic heterocycles. The summed E-state index contributed by atoms with van der Waals surface area (Å²) in [5, 5.41) is 7.85. The van der Waals surface area contributed by atoms with Gasteiger partial charge < -0.3 is 9.32 Å². The Hall–Kier alpha value is -1.96. The smallest absolute Gasteiger partial charge is 0.243 e. The molecule has 1 atom stereocenters. The normalized spacial score (nSPS) is 15.7. The van der Waals surface area contributed by atoms with Gasteiger partial charge in [0, 0.05) is 12.3 Å². The van der Waals surface area contributed by atoms with Crippen LogP contribution in [0.1, 0.15) is 24.4 Å². The van der Waals surface area contributed by atoms with Crippen molar-refractivity contribution in [3.8, 4) is 0 Å². The molecule has 2 aromatic rings. The molecule has 1 amide bonds. The first-order valence-electron chi connectivity index (χ1n) is 7.10. The maximum absolute atomic E-state index is 12.6. The lowest BCUT2D eigenvalue weighted by Crippen LogP contribution is -2.35. The Labute approximate surface area is 130 Å². The predicted molar refractivity (Wildman–Crippen MR) is 79.4 cm³/mol. The van der Waals surface area contributed by atoms with Crippen LogP contribution in [0.3, 0.4) is 0 Å². The highest BCUT2D eigenvalue weighted by atomic mass is 32.2. The SMILES string of the molecule is Cc1ccc(CN(C(=O)Cn2cnnc2S(C)=O)C2CC2)o1. The highest BCUT2D eigenvalue weighted by Crippen LogP contribution is 2.29. The number of furan rings is 1. The minimum absolute atomic E-state index is 0.0388. The van der Waals surface area contributed by atoms with Crippen molar-refractivity contribution < 1.29 is 13.4 Å². The molecule has 0 aliphatic heterocycles. The second kappa shape index (κ2) is 6.04. The average Bonchev–Trinajstić information content (AvgIpc) is 3.05. The number of aryl methyl sites for hydroxylation is 1. The van der Waals surface area contributed by atoms with Gasteiger partial charge in [-0.2, -0.15) is 0 Å². The summed E-state index contributed by atoms with van der Waals surface area (Å²) < 4.78 is 18.7. The molecule has 1 saturated carbocycles. The lowest BCUT2D eigenvalue weighted by molar-refractivity contribution is -0.133. The molecule has 1 aliphatic carbocycles. The Morgan fingerprint density at radius 1 is 1.50 bits per heavy atom. The van der Waals surface area contributed by atoms with Gasteiger partial charge in [0.15, 0.2) is 0 Å². The first-order valence-corrected chi connectivity index (χ1v) is 8.66. The molecule has 0 bridgehead atoms. The van der Waals surface area contributed by atoms with Gasteiger partial charge in [0.25, 0.3) is 0 Å². The van der Waals surface area contributed by atoms with Gasteiger partial charge in [-0.1, -0.05) is 0 Å². The van der Waals surface area contributed by atoms with E-state index in [2.05, 4.69) is 10.2 Å². The fraction of sp³-hybridized carbons (Fsp3) is 0.500. The molecule has 0 saturated heterocycles. The summed E-state index contributed by atoms with van der Waals surface area (Å²) in [6, 6.07) is 4.05. The van der Waals surface area contributed by atoms with Gasteiger partial charge in [-0.05, 0) is 31.9 Å². The summed E-state index contributed by atoms with van der Waals surface area (Å²) in [5.41, 5.74) is 0. The topological polar surface area (TPSA) is 81.2 Å². The highest BCUT2D eigenvalue weighted by molar-refractivity contribution is 7.84. The molecule has 0 spiro atoms. The monoisotopic (exact) mass is 322 g/mol. The molecule has 3 rings (SSSR count). The van der Waals surface area contributed by atoms with E-state index in [9.17, 15) is 9.00 Å². The summed E-state index contributed by atoms with van der Waals surface area (Å²) in [6.07, 6.45) is 4.99. The summed E-state index contributed by atoms with van der Waals surface area (Å²) >= 11 is 0.